The fourth-order valence-corrected chi connectivity index (χ4v) is 1.76. The van der Waals surface area contributed by atoms with E-state index in [4.69, 9.17) is 9.84 Å². The maximum atomic E-state index is 11.6. The van der Waals surface area contributed by atoms with Crippen molar-refractivity contribution in [2.45, 2.75) is 38.8 Å². The summed E-state index contributed by atoms with van der Waals surface area (Å²) in [5.74, 6) is -0.252. The predicted molar refractivity (Wildman–Crippen MR) is 71.3 cm³/mol. The Morgan fingerprint density at radius 3 is 2.89 bits per heavy atom. The molecule has 1 unspecified atom stereocenters. The molecular formula is C14H21NO3. The molecule has 0 bridgehead atoms. The largest absolute Gasteiger partial charge is 0.467 e. The summed E-state index contributed by atoms with van der Waals surface area (Å²) in [4.78, 5) is 11.6. The zero-order valence-corrected chi connectivity index (χ0v) is 11.0. The van der Waals surface area contributed by atoms with Gasteiger partial charge < -0.3 is 15.2 Å². The highest BCUT2D eigenvalue weighted by Crippen LogP contribution is 2.15. The maximum Gasteiger partial charge on any atom is 0.328 e. The van der Waals surface area contributed by atoms with Gasteiger partial charge in [-0.2, -0.15) is 0 Å². The van der Waals surface area contributed by atoms with Crippen molar-refractivity contribution in [3.63, 3.8) is 0 Å². The fraction of sp³-hybridized carbons (Fsp3) is 0.500. The summed E-state index contributed by atoms with van der Waals surface area (Å²) < 4.78 is 4.79. The summed E-state index contributed by atoms with van der Waals surface area (Å²) >= 11 is 0. The first-order valence-electron chi connectivity index (χ1n) is 6.25. The van der Waals surface area contributed by atoms with Crippen LogP contribution in [0.4, 0.5) is 5.69 Å². The summed E-state index contributed by atoms with van der Waals surface area (Å²) in [6.07, 6.45) is 2.74. The van der Waals surface area contributed by atoms with Gasteiger partial charge in [-0.25, -0.2) is 4.79 Å². The molecule has 0 amide bonds. The van der Waals surface area contributed by atoms with Crippen LogP contribution in [0.3, 0.4) is 0 Å². The third-order valence-corrected chi connectivity index (χ3v) is 2.78. The minimum Gasteiger partial charge on any atom is -0.467 e. The van der Waals surface area contributed by atoms with Gasteiger partial charge in [0.25, 0.3) is 0 Å². The minimum atomic E-state index is -0.330. The third-order valence-electron chi connectivity index (χ3n) is 2.78. The second-order valence-electron chi connectivity index (χ2n) is 4.22. The maximum absolute atomic E-state index is 11.6. The van der Waals surface area contributed by atoms with E-state index in [9.17, 15) is 4.79 Å². The topological polar surface area (TPSA) is 58.6 Å². The van der Waals surface area contributed by atoms with E-state index in [2.05, 4.69) is 12.2 Å². The Hall–Kier alpha value is -1.55. The molecule has 4 heteroatoms. The van der Waals surface area contributed by atoms with Gasteiger partial charge in [0.1, 0.15) is 6.04 Å². The normalized spacial score (nSPS) is 11.9. The van der Waals surface area contributed by atoms with E-state index in [1.807, 2.05) is 24.3 Å². The number of carbonyl (C=O) groups excluding carboxylic acids is 1. The molecule has 0 aliphatic carbocycles. The summed E-state index contributed by atoms with van der Waals surface area (Å²) in [5, 5.41) is 12.2. The minimum absolute atomic E-state index is 0.00658. The van der Waals surface area contributed by atoms with E-state index in [1.165, 1.54) is 7.11 Å². The van der Waals surface area contributed by atoms with E-state index in [0.717, 1.165) is 30.5 Å². The van der Waals surface area contributed by atoms with Crippen LogP contribution >= 0.6 is 0 Å². The molecule has 4 nitrogen and oxygen atoms in total. The van der Waals surface area contributed by atoms with Gasteiger partial charge in [0.05, 0.1) is 13.7 Å². The van der Waals surface area contributed by atoms with Gasteiger partial charge in [0.15, 0.2) is 0 Å². The Morgan fingerprint density at radius 1 is 1.50 bits per heavy atom. The second-order valence-corrected chi connectivity index (χ2v) is 4.22. The van der Waals surface area contributed by atoms with E-state index in [0.29, 0.717) is 0 Å². The highest BCUT2D eigenvalue weighted by molar-refractivity contribution is 5.79. The SMILES string of the molecule is CCCCC(Nc1cccc(CO)c1)C(=O)OC. The molecular weight excluding hydrogens is 230 g/mol. The molecule has 0 heterocycles. The highest BCUT2D eigenvalue weighted by Gasteiger charge is 2.18. The number of unbranched alkanes of at least 4 members (excludes halogenated alkanes) is 1. The van der Waals surface area contributed by atoms with Crippen LogP contribution in [0, 0.1) is 0 Å². The van der Waals surface area contributed by atoms with E-state index in [-0.39, 0.29) is 18.6 Å². The first-order valence-corrected chi connectivity index (χ1v) is 6.25. The van der Waals surface area contributed by atoms with Crippen LogP contribution < -0.4 is 5.32 Å². The number of nitrogens with one attached hydrogen (secondary N) is 1. The van der Waals surface area contributed by atoms with Gasteiger partial charge in [-0.1, -0.05) is 31.9 Å². The van der Waals surface area contributed by atoms with E-state index in [1.54, 1.807) is 0 Å². The lowest BCUT2D eigenvalue weighted by atomic mass is 10.1. The average Bonchev–Trinajstić information content (AvgIpc) is 2.42. The molecule has 18 heavy (non-hydrogen) atoms. The number of aliphatic hydroxyl groups is 1. The number of anilines is 1. The molecule has 1 rings (SSSR count). The van der Waals surface area contributed by atoms with Crippen molar-refractivity contribution in [3.8, 4) is 0 Å². The van der Waals surface area contributed by atoms with Crippen LogP contribution in [0.5, 0.6) is 0 Å². The molecule has 0 aliphatic heterocycles. The first kappa shape index (κ1) is 14.5. The second kappa shape index (κ2) is 7.71. The van der Waals surface area contributed by atoms with Gasteiger partial charge in [0.2, 0.25) is 0 Å². The smallest absolute Gasteiger partial charge is 0.328 e. The number of methoxy groups -OCH3 is 1. The zero-order chi connectivity index (χ0) is 13.4. The summed E-state index contributed by atoms with van der Waals surface area (Å²) in [6, 6.07) is 7.07. The predicted octanol–water partition coefficient (Wildman–Crippen LogP) is 2.32. The van der Waals surface area contributed by atoms with Gasteiger partial charge in [-0.15, -0.1) is 0 Å². The average molecular weight is 251 g/mol. The quantitative estimate of drug-likeness (QED) is 0.730. The van der Waals surface area contributed by atoms with Crippen LogP contribution in [0.1, 0.15) is 31.7 Å². The molecule has 0 saturated heterocycles. The monoisotopic (exact) mass is 251 g/mol. The Bertz CT molecular complexity index is 379. The molecule has 0 saturated carbocycles. The number of ether oxygens (including phenoxy) is 1. The number of hydrogen-bond acceptors (Lipinski definition) is 4. The highest BCUT2D eigenvalue weighted by atomic mass is 16.5. The van der Waals surface area contributed by atoms with E-state index >= 15 is 0 Å². The fourth-order valence-electron chi connectivity index (χ4n) is 1.76. The van der Waals surface area contributed by atoms with Gasteiger partial charge in [-0.3, -0.25) is 0 Å². The number of rotatable bonds is 7. The van der Waals surface area contributed by atoms with Crippen molar-refractivity contribution in [1.82, 2.24) is 0 Å². The number of hydrogen-bond donors (Lipinski definition) is 2. The van der Waals surface area contributed by atoms with Crippen molar-refractivity contribution in [3.05, 3.63) is 29.8 Å². The molecule has 0 aromatic heterocycles. The van der Waals surface area contributed by atoms with Crippen molar-refractivity contribution in [1.29, 1.82) is 0 Å². The Morgan fingerprint density at radius 2 is 2.28 bits per heavy atom. The standard InChI is InChI=1S/C14H21NO3/c1-3-4-8-13(14(17)18-2)15-12-7-5-6-11(9-12)10-16/h5-7,9,13,15-16H,3-4,8,10H2,1-2H3. The third kappa shape index (κ3) is 4.37. The molecule has 100 valence electrons. The van der Waals surface area contributed by atoms with Gasteiger partial charge >= 0.3 is 5.97 Å². The van der Waals surface area contributed by atoms with E-state index < -0.39 is 0 Å². The van der Waals surface area contributed by atoms with Crippen LogP contribution in [-0.4, -0.2) is 24.2 Å². The molecule has 1 atom stereocenters. The number of benzene rings is 1. The zero-order valence-electron chi connectivity index (χ0n) is 11.0. The summed E-state index contributed by atoms with van der Waals surface area (Å²) in [5.41, 5.74) is 1.65. The molecule has 0 radical (unpaired) electrons. The van der Waals surface area contributed by atoms with Crippen LogP contribution in [0.25, 0.3) is 0 Å². The van der Waals surface area contributed by atoms with Gasteiger partial charge in [0, 0.05) is 5.69 Å². The molecule has 1 aromatic carbocycles. The summed E-state index contributed by atoms with van der Waals surface area (Å²) in [6.45, 7) is 2.08. The molecule has 1 aromatic rings. The molecule has 2 N–H and O–H groups in total. The first-order chi connectivity index (χ1) is 8.71. The molecule has 0 aliphatic rings. The van der Waals surface area contributed by atoms with Crippen LogP contribution in [0.2, 0.25) is 0 Å². The number of carbonyl (C=O) groups is 1. The Kier molecular flexibility index (Phi) is 6.22. The number of esters is 1. The van der Waals surface area contributed by atoms with Crippen LogP contribution in [-0.2, 0) is 16.1 Å². The van der Waals surface area contributed by atoms with Gasteiger partial charge in [-0.05, 0) is 24.1 Å². The van der Waals surface area contributed by atoms with Crippen molar-refractivity contribution in [2.75, 3.05) is 12.4 Å². The van der Waals surface area contributed by atoms with Crippen LogP contribution in [0.15, 0.2) is 24.3 Å². The summed E-state index contributed by atoms with van der Waals surface area (Å²) in [7, 11) is 1.40. The van der Waals surface area contributed by atoms with Crippen molar-refractivity contribution in [2.24, 2.45) is 0 Å². The lowest BCUT2D eigenvalue weighted by molar-refractivity contribution is -0.141. The van der Waals surface area contributed by atoms with Crippen molar-refractivity contribution >= 4 is 11.7 Å². The lowest BCUT2D eigenvalue weighted by Crippen LogP contribution is -2.30. The van der Waals surface area contributed by atoms with Crippen molar-refractivity contribution < 1.29 is 14.6 Å². The Balaban J connectivity index is 2.71. The number of aliphatic hydroxyl groups excluding tert-OH is 1. The lowest BCUT2D eigenvalue weighted by Gasteiger charge is -2.17. The Labute approximate surface area is 108 Å². The molecule has 0 spiro atoms. The molecule has 0 fully saturated rings.